The van der Waals surface area contributed by atoms with Crippen LogP contribution in [0, 0.1) is 0 Å². The predicted octanol–water partition coefficient (Wildman–Crippen LogP) is 2.63. The third-order valence-electron chi connectivity index (χ3n) is 3.73. The van der Waals surface area contributed by atoms with Gasteiger partial charge in [-0.05, 0) is 36.2 Å². The number of carbonyl (C=O) groups is 2. The first-order valence-corrected chi connectivity index (χ1v) is 7.97. The molecule has 6 heteroatoms. The van der Waals surface area contributed by atoms with Crippen LogP contribution in [0.15, 0.2) is 42.5 Å². The molecule has 2 rings (SSSR count). The molecule has 6 nitrogen and oxygen atoms in total. The van der Waals surface area contributed by atoms with E-state index >= 15 is 0 Å². The van der Waals surface area contributed by atoms with Crippen LogP contribution in [-0.4, -0.2) is 32.6 Å². The number of hydrogen-bond acceptors (Lipinski definition) is 4. The van der Waals surface area contributed by atoms with Gasteiger partial charge in [-0.3, -0.25) is 9.59 Å². The van der Waals surface area contributed by atoms with Gasteiger partial charge >= 0.3 is 0 Å². The zero-order valence-corrected chi connectivity index (χ0v) is 14.6. The number of methoxy groups -OCH3 is 2. The number of amides is 2. The highest BCUT2D eigenvalue weighted by Crippen LogP contribution is 2.23. The molecule has 0 spiro atoms. The van der Waals surface area contributed by atoms with E-state index < -0.39 is 5.91 Å². The second-order valence-corrected chi connectivity index (χ2v) is 5.31. The quantitative estimate of drug-likeness (QED) is 0.811. The van der Waals surface area contributed by atoms with Gasteiger partial charge < -0.3 is 20.1 Å². The largest absolute Gasteiger partial charge is 0.497 e. The number of hydrogen-bond donors (Lipinski definition) is 2. The second kappa shape index (κ2) is 8.73. The van der Waals surface area contributed by atoms with Crippen LogP contribution >= 0.6 is 0 Å². The van der Waals surface area contributed by atoms with Gasteiger partial charge in [0.2, 0.25) is 5.91 Å². The standard InChI is InChI=1S/C19H22N2O4/c1-4-13-7-5-6-8-16(13)21-18(22)12-20-19(23)15-11-14(24-2)9-10-17(15)25-3/h5-11H,4,12H2,1-3H3,(H,20,23)(H,21,22). The fraction of sp³-hybridized carbons (Fsp3) is 0.263. The summed E-state index contributed by atoms with van der Waals surface area (Å²) in [6.45, 7) is 1.87. The summed E-state index contributed by atoms with van der Waals surface area (Å²) < 4.78 is 10.3. The maximum atomic E-state index is 12.3. The lowest BCUT2D eigenvalue weighted by atomic mass is 10.1. The molecule has 0 bridgehead atoms. The number of carbonyl (C=O) groups excluding carboxylic acids is 2. The van der Waals surface area contributed by atoms with E-state index in [1.54, 1.807) is 18.2 Å². The van der Waals surface area contributed by atoms with E-state index in [0.717, 1.165) is 17.7 Å². The van der Waals surface area contributed by atoms with Gasteiger partial charge in [-0.2, -0.15) is 0 Å². The van der Waals surface area contributed by atoms with E-state index in [-0.39, 0.29) is 12.5 Å². The van der Waals surface area contributed by atoms with Crippen molar-refractivity contribution in [2.24, 2.45) is 0 Å². The zero-order chi connectivity index (χ0) is 18.2. The predicted molar refractivity (Wildman–Crippen MR) is 96.3 cm³/mol. The van der Waals surface area contributed by atoms with E-state index in [0.29, 0.717) is 17.1 Å². The summed E-state index contributed by atoms with van der Waals surface area (Å²) in [7, 11) is 3.00. The van der Waals surface area contributed by atoms with Gasteiger partial charge in [0.1, 0.15) is 11.5 Å². The van der Waals surface area contributed by atoms with Gasteiger partial charge in [0.05, 0.1) is 26.3 Å². The van der Waals surface area contributed by atoms with Gasteiger partial charge in [0.25, 0.3) is 5.91 Å². The molecule has 0 aromatic heterocycles. The molecule has 0 atom stereocenters. The molecule has 0 aliphatic rings. The fourth-order valence-corrected chi connectivity index (χ4v) is 2.39. The van der Waals surface area contributed by atoms with E-state index in [4.69, 9.17) is 9.47 Å². The van der Waals surface area contributed by atoms with Crippen molar-refractivity contribution >= 4 is 17.5 Å². The molecule has 2 N–H and O–H groups in total. The number of aryl methyl sites for hydroxylation is 1. The average molecular weight is 342 g/mol. The van der Waals surface area contributed by atoms with Gasteiger partial charge in [-0.25, -0.2) is 0 Å². The number of ether oxygens (including phenoxy) is 2. The molecule has 2 aromatic carbocycles. The molecular weight excluding hydrogens is 320 g/mol. The van der Waals surface area contributed by atoms with Crippen molar-refractivity contribution in [2.45, 2.75) is 13.3 Å². The summed E-state index contributed by atoms with van der Waals surface area (Å²) >= 11 is 0. The molecule has 0 aliphatic heterocycles. The Morgan fingerprint density at radius 2 is 1.80 bits per heavy atom. The zero-order valence-electron chi connectivity index (χ0n) is 14.6. The van der Waals surface area contributed by atoms with Crippen molar-refractivity contribution in [3.8, 4) is 11.5 Å². The minimum Gasteiger partial charge on any atom is -0.497 e. The van der Waals surface area contributed by atoms with Crippen molar-refractivity contribution in [1.82, 2.24) is 5.32 Å². The topological polar surface area (TPSA) is 76.7 Å². The van der Waals surface area contributed by atoms with Crippen LogP contribution in [0.5, 0.6) is 11.5 Å². The molecule has 0 aliphatic carbocycles. The summed E-state index contributed by atoms with van der Waals surface area (Å²) in [5.41, 5.74) is 2.10. The van der Waals surface area contributed by atoms with Crippen molar-refractivity contribution in [2.75, 3.05) is 26.1 Å². The van der Waals surface area contributed by atoms with Gasteiger partial charge in [-0.15, -0.1) is 0 Å². The van der Waals surface area contributed by atoms with Crippen molar-refractivity contribution in [3.63, 3.8) is 0 Å². The number of benzene rings is 2. The molecule has 0 saturated carbocycles. The van der Waals surface area contributed by atoms with Crippen LogP contribution in [0.4, 0.5) is 5.69 Å². The minimum atomic E-state index is -0.408. The summed E-state index contributed by atoms with van der Waals surface area (Å²) in [5, 5.41) is 5.41. The fourth-order valence-electron chi connectivity index (χ4n) is 2.39. The highest BCUT2D eigenvalue weighted by Gasteiger charge is 2.15. The highest BCUT2D eigenvalue weighted by molar-refractivity contribution is 6.01. The van der Waals surface area contributed by atoms with E-state index in [9.17, 15) is 9.59 Å². The van der Waals surface area contributed by atoms with Gasteiger partial charge in [0.15, 0.2) is 0 Å². The molecule has 0 fully saturated rings. The van der Waals surface area contributed by atoms with Crippen LogP contribution in [0.2, 0.25) is 0 Å². The summed E-state index contributed by atoms with van der Waals surface area (Å²) in [5.74, 6) is 0.244. The Morgan fingerprint density at radius 1 is 1.04 bits per heavy atom. The Kier molecular flexibility index (Phi) is 6.39. The van der Waals surface area contributed by atoms with Crippen LogP contribution in [0.3, 0.4) is 0 Å². The number of para-hydroxylation sites is 1. The second-order valence-electron chi connectivity index (χ2n) is 5.31. The molecule has 132 valence electrons. The first-order valence-electron chi connectivity index (χ1n) is 7.97. The third kappa shape index (κ3) is 4.73. The third-order valence-corrected chi connectivity index (χ3v) is 3.73. The molecule has 0 saturated heterocycles. The monoisotopic (exact) mass is 342 g/mol. The Labute approximate surface area is 147 Å². The number of rotatable bonds is 7. The maximum Gasteiger partial charge on any atom is 0.255 e. The van der Waals surface area contributed by atoms with Crippen LogP contribution in [0.25, 0.3) is 0 Å². The van der Waals surface area contributed by atoms with Crippen molar-refractivity contribution in [1.29, 1.82) is 0 Å². The molecule has 25 heavy (non-hydrogen) atoms. The Balaban J connectivity index is 2.01. The molecule has 2 aromatic rings. The maximum absolute atomic E-state index is 12.3. The molecule has 0 radical (unpaired) electrons. The Hall–Kier alpha value is -3.02. The molecule has 0 heterocycles. The lowest BCUT2D eigenvalue weighted by Gasteiger charge is -2.12. The Morgan fingerprint density at radius 3 is 2.48 bits per heavy atom. The highest BCUT2D eigenvalue weighted by atomic mass is 16.5. The SMILES string of the molecule is CCc1ccccc1NC(=O)CNC(=O)c1cc(OC)ccc1OC. The van der Waals surface area contributed by atoms with Crippen molar-refractivity contribution in [3.05, 3.63) is 53.6 Å². The van der Waals surface area contributed by atoms with Crippen molar-refractivity contribution < 1.29 is 19.1 Å². The lowest BCUT2D eigenvalue weighted by molar-refractivity contribution is -0.115. The summed E-state index contributed by atoms with van der Waals surface area (Å²) in [6.07, 6.45) is 0.809. The Bertz CT molecular complexity index is 759. The normalized spacial score (nSPS) is 10.0. The van der Waals surface area contributed by atoms with Crippen LogP contribution < -0.4 is 20.1 Å². The van der Waals surface area contributed by atoms with E-state index in [1.165, 1.54) is 14.2 Å². The molecular formula is C19H22N2O4. The van der Waals surface area contributed by atoms with Crippen LogP contribution in [0.1, 0.15) is 22.8 Å². The van der Waals surface area contributed by atoms with Crippen LogP contribution in [-0.2, 0) is 11.2 Å². The number of nitrogens with one attached hydrogen (secondary N) is 2. The first kappa shape index (κ1) is 18.3. The average Bonchev–Trinajstić information content (AvgIpc) is 2.65. The van der Waals surface area contributed by atoms with E-state index in [1.807, 2.05) is 31.2 Å². The summed E-state index contributed by atoms with van der Waals surface area (Å²) in [6, 6.07) is 12.5. The summed E-state index contributed by atoms with van der Waals surface area (Å²) in [4.78, 5) is 24.5. The molecule has 2 amide bonds. The number of anilines is 1. The van der Waals surface area contributed by atoms with E-state index in [2.05, 4.69) is 10.6 Å². The van der Waals surface area contributed by atoms with Gasteiger partial charge in [-0.1, -0.05) is 25.1 Å². The molecule has 0 unspecified atom stereocenters. The van der Waals surface area contributed by atoms with Gasteiger partial charge in [0, 0.05) is 5.69 Å². The minimum absolute atomic E-state index is 0.142. The lowest BCUT2D eigenvalue weighted by Crippen LogP contribution is -2.33. The first-order chi connectivity index (χ1) is 12.1. The smallest absolute Gasteiger partial charge is 0.255 e.